The first-order chi connectivity index (χ1) is 7.45. The van der Waals surface area contributed by atoms with Crippen molar-refractivity contribution in [1.82, 2.24) is 4.90 Å². The molecule has 1 N–H and O–H groups in total. The Morgan fingerprint density at radius 1 is 1.25 bits per heavy atom. The molecule has 0 radical (unpaired) electrons. The highest BCUT2D eigenvalue weighted by Gasteiger charge is 2.35. The zero-order valence-electron chi connectivity index (χ0n) is 10.0. The van der Waals surface area contributed by atoms with Crippen LogP contribution in [0.1, 0.15) is 26.7 Å². The van der Waals surface area contributed by atoms with E-state index in [-0.39, 0.29) is 11.9 Å². The average Bonchev–Trinajstić information content (AvgIpc) is 2.26. The van der Waals surface area contributed by atoms with Gasteiger partial charge in [-0.25, -0.2) is 0 Å². The van der Waals surface area contributed by atoms with Crippen molar-refractivity contribution in [2.75, 3.05) is 7.05 Å². The summed E-state index contributed by atoms with van der Waals surface area (Å²) >= 11 is 0. The number of rotatable bonds is 3. The van der Waals surface area contributed by atoms with E-state index in [1.54, 1.807) is 11.9 Å². The number of amides is 1. The van der Waals surface area contributed by atoms with Crippen LogP contribution in [-0.4, -0.2) is 35.0 Å². The van der Waals surface area contributed by atoms with Gasteiger partial charge in [0.25, 0.3) is 0 Å². The molecule has 2 atom stereocenters. The molecule has 1 aliphatic carbocycles. The quantitative estimate of drug-likeness (QED) is 0.741. The molecule has 4 nitrogen and oxygen atoms in total. The number of carboxylic acid groups (broad SMARTS) is 1. The maximum atomic E-state index is 12.1. The summed E-state index contributed by atoms with van der Waals surface area (Å²) in [5, 5.41) is 9.07. The van der Waals surface area contributed by atoms with Gasteiger partial charge < -0.3 is 10.0 Å². The third-order valence-corrected chi connectivity index (χ3v) is 3.19. The molecule has 0 saturated carbocycles. The van der Waals surface area contributed by atoms with Crippen LogP contribution in [0, 0.1) is 11.8 Å². The summed E-state index contributed by atoms with van der Waals surface area (Å²) in [4.78, 5) is 24.8. The molecule has 0 aliphatic heterocycles. The molecule has 90 valence electrons. The van der Waals surface area contributed by atoms with Crippen molar-refractivity contribution in [2.45, 2.75) is 32.7 Å². The molecule has 1 rings (SSSR count). The van der Waals surface area contributed by atoms with Gasteiger partial charge in [0.05, 0.1) is 11.8 Å². The monoisotopic (exact) mass is 225 g/mol. The standard InChI is InChI=1S/C12H19NO3/c1-8(2)13(3)11(14)9-6-4-5-7-10(9)12(15)16/h4-5,8-10H,6-7H2,1-3H3,(H,15,16). The predicted octanol–water partition coefficient (Wildman–Crippen LogP) is 1.52. The molecule has 1 aliphatic rings. The molecule has 2 unspecified atom stereocenters. The molecular formula is C12H19NO3. The largest absolute Gasteiger partial charge is 0.481 e. The van der Waals surface area contributed by atoms with E-state index in [0.29, 0.717) is 12.8 Å². The number of nitrogens with zero attached hydrogens (tertiary/aromatic N) is 1. The summed E-state index contributed by atoms with van der Waals surface area (Å²) in [6.45, 7) is 3.85. The molecule has 0 heterocycles. The number of carbonyl (C=O) groups is 2. The zero-order chi connectivity index (χ0) is 12.3. The molecule has 4 heteroatoms. The van der Waals surface area contributed by atoms with Crippen molar-refractivity contribution in [3.63, 3.8) is 0 Å². The van der Waals surface area contributed by atoms with Gasteiger partial charge in [0.1, 0.15) is 0 Å². The third-order valence-electron chi connectivity index (χ3n) is 3.19. The van der Waals surface area contributed by atoms with Gasteiger partial charge in [-0.15, -0.1) is 0 Å². The van der Waals surface area contributed by atoms with Crippen molar-refractivity contribution in [1.29, 1.82) is 0 Å². The van der Waals surface area contributed by atoms with E-state index in [0.717, 1.165) is 0 Å². The molecule has 0 fully saturated rings. The van der Waals surface area contributed by atoms with Crippen LogP contribution in [-0.2, 0) is 9.59 Å². The fourth-order valence-electron chi connectivity index (χ4n) is 1.88. The molecule has 0 saturated heterocycles. The topological polar surface area (TPSA) is 57.6 Å². The van der Waals surface area contributed by atoms with Gasteiger partial charge in [0, 0.05) is 13.1 Å². The summed E-state index contributed by atoms with van der Waals surface area (Å²) in [6, 6.07) is 0.104. The van der Waals surface area contributed by atoms with Crippen LogP contribution in [0.15, 0.2) is 12.2 Å². The molecule has 0 spiro atoms. The lowest BCUT2D eigenvalue weighted by molar-refractivity contribution is -0.150. The lowest BCUT2D eigenvalue weighted by Gasteiger charge is -2.30. The normalized spacial score (nSPS) is 24.5. The predicted molar refractivity (Wildman–Crippen MR) is 60.9 cm³/mol. The second-order valence-electron chi connectivity index (χ2n) is 4.54. The van der Waals surface area contributed by atoms with E-state index in [9.17, 15) is 9.59 Å². The first-order valence-electron chi connectivity index (χ1n) is 5.59. The van der Waals surface area contributed by atoms with E-state index < -0.39 is 17.8 Å². The summed E-state index contributed by atoms with van der Waals surface area (Å²) in [5.74, 6) is -1.92. The number of carbonyl (C=O) groups excluding carboxylic acids is 1. The maximum absolute atomic E-state index is 12.1. The van der Waals surface area contributed by atoms with Crippen LogP contribution in [0.5, 0.6) is 0 Å². The molecule has 0 bridgehead atoms. The molecule has 0 aromatic heterocycles. The van der Waals surface area contributed by atoms with Crippen molar-refractivity contribution >= 4 is 11.9 Å². The van der Waals surface area contributed by atoms with Crippen molar-refractivity contribution in [3.8, 4) is 0 Å². The summed E-state index contributed by atoms with van der Waals surface area (Å²) in [6.07, 6.45) is 4.73. The molecule has 16 heavy (non-hydrogen) atoms. The number of carboxylic acids is 1. The number of hydrogen-bond donors (Lipinski definition) is 1. The fraction of sp³-hybridized carbons (Fsp3) is 0.667. The SMILES string of the molecule is CC(C)N(C)C(=O)C1CC=CCC1C(=O)O. The highest BCUT2D eigenvalue weighted by atomic mass is 16.4. The van der Waals surface area contributed by atoms with Crippen LogP contribution in [0.2, 0.25) is 0 Å². The number of aliphatic carboxylic acids is 1. The first-order valence-corrected chi connectivity index (χ1v) is 5.59. The van der Waals surface area contributed by atoms with Gasteiger partial charge >= 0.3 is 5.97 Å². The molecular weight excluding hydrogens is 206 g/mol. The van der Waals surface area contributed by atoms with Crippen LogP contribution < -0.4 is 0 Å². The Morgan fingerprint density at radius 3 is 2.19 bits per heavy atom. The number of allylic oxidation sites excluding steroid dienone is 2. The van der Waals surface area contributed by atoms with Crippen molar-refractivity contribution < 1.29 is 14.7 Å². The van der Waals surface area contributed by atoms with Crippen LogP contribution in [0.3, 0.4) is 0 Å². The Labute approximate surface area is 95.9 Å². The lowest BCUT2D eigenvalue weighted by atomic mass is 9.82. The van der Waals surface area contributed by atoms with E-state index in [1.165, 1.54) is 0 Å². The first kappa shape index (κ1) is 12.7. The van der Waals surface area contributed by atoms with E-state index in [2.05, 4.69) is 0 Å². The highest BCUT2D eigenvalue weighted by Crippen LogP contribution is 2.27. The lowest BCUT2D eigenvalue weighted by Crippen LogP contribution is -2.42. The Balaban J connectivity index is 2.80. The van der Waals surface area contributed by atoms with Crippen molar-refractivity contribution in [3.05, 3.63) is 12.2 Å². The van der Waals surface area contributed by atoms with Gasteiger partial charge in [0.15, 0.2) is 0 Å². The fourth-order valence-corrected chi connectivity index (χ4v) is 1.88. The van der Waals surface area contributed by atoms with Gasteiger partial charge in [-0.05, 0) is 26.7 Å². The minimum atomic E-state index is -0.875. The van der Waals surface area contributed by atoms with Crippen molar-refractivity contribution in [2.24, 2.45) is 11.8 Å². The third kappa shape index (κ3) is 2.62. The highest BCUT2D eigenvalue weighted by molar-refractivity contribution is 5.85. The average molecular weight is 225 g/mol. The molecule has 0 aromatic rings. The second kappa shape index (κ2) is 5.14. The van der Waals surface area contributed by atoms with Gasteiger partial charge in [0.2, 0.25) is 5.91 Å². The minimum Gasteiger partial charge on any atom is -0.481 e. The van der Waals surface area contributed by atoms with Crippen LogP contribution in [0.25, 0.3) is 0 Å². The van der Waals surface area contributed by atoms with E-state index in [4.69, 9.17) is 5.11 Å². The zero-order valence-corrected chi connectivity index (χ0v) is 10.0. The smallest absolute Gasteiger partial charge is 0.307 e. The Bertz CT molecular complexity index is 309. The summed E-state index contributed by atoms with van der Waals surface area (Å²) < 4.78 is 0. The summed E-state index contributed by atoms with van der Waals surface area (Å²) in [5.41, 5.74) is 0. The number of hydrogen-bond acceptors (Lipinski definition) is 2. The minimum absolute atomic E-state index is 0.0632. The Morgan fingerprint density at radius 2 is 1.75 bits per heavy atom. The van der Waals surface area contributed by atoms with E-state index in [1.807, 2.05) is 26.0 Å². The van der Waals surface area contributed by atoms with Gasteiger partial charge in [-0.3, -0.25) is 9.59 Å². The Kier molecular flexibility index (Phi) is 4.10. The van der Waals surface area contributed by atoms with E-state index >= 15 is 0 Å². The van der Waals surface area contributed by atoms with Crippen LogP contribution in [0.4, 0.5) is 0 Å². The maximum Gasteiger partial charge on any atom is 0.307 e. The van der Waals surface area contributed by atoms with Gasteiger partial charge in [-0.2, -0.15) is 0 Å². The molecule has 1 amide bonds. The molecule has 0 aromatic carbocycles. The Hall–Kier alpha value is -1.32. The second-order valence-corrected chi connectivity index (χ2v) is 4.54. The van der Waals surface area contributed by atoms with Crippen LogP contribution >= 0.6 is 0 Å². The van der Waals surface area contributed by atoms with Gasteiger partial charge in [-0.1, -0.05) is 12.2 Å². The summed E-state index contributed by atoms with van der Waals surface area (Å²) in [7, 11) is 1.73.